The van der Waals surface area contributed by atoms with Crippen LogP contribution in [0.25, 0.3) is 0 Å². The number of rotatable bonds is 3. The van der Waals surface area contributed by atoms with E-state index in [1.807, 2.05) is 54.6 Å². The van der Waals surface area contributed by atoms with Gasteiger partial charge in [-0.2, -0.15) is 0 Å². The predicted octanol–water partition coefficient (Wildman–Crippen LogP) is 4.10. The van der Waals surface area contributed by atoms with E-state index in [4.69, 9.17) is 21.7 Å². The molecular weight excluding hydrogens is 348 g/mol. The van der Waals surface area contributed by atoms with Gasteiger partial charge in [-0.05, 0) is 41.9 Å². The van der Waals surface area contributed by atoms with E-state index in [9.17, 15) is 4.79 Å². The zero-order valence-corrected chi connectivity index (χ0v) is 15.0. The van der Waals surface area contributed by atoms with E-state index in [0.29, 0.717) is 17.9 Å². The number of aromatic nitrogens is 2. The van der Waals surface area contributed by atoms with Crippen LogP contribution in [0.3, 0.4) is 0 Å². The summed E-state index contributed by atoms with van der Waals surface area (Å²) in [5.41, 5.74) is 2.49. The summed E-state index contributed by atoms with van der Waals surface area (Å²) in [4.78, 5) is 18.2. The predicted molar refractivity (Wildman–Crippen MR) is 102 cm³/mol. The molecule has 1 aromatic heterocycles. The minimum atomic E-state index is -0.203. The van der Waals surface area contributed by atoms with Gasteiger partial charge < -0.3 is 14.5 Å². The molecular formula is C20H18N2O3S. The first-order chi connectivity index (χ1) is 12.7. The Bertz CT molecular complexity index is 1030. The number of methoxy groups -OCH3 is 1. The second-order valence-corrected chi connectivity index (χ2v) is 6.64. The van der Waals surface area contributed by atoms with Crippen molar-refractivity contribution in [3.05, 3.63) is 86.4 Å². The van der Waals surface area contributed by atoms with Gasteiger partial charge in [0.2, 0.25) is 5.88 Å². The minimum Gasteiger partial charge on any atom is -0.497 e. The van der Waals surface area contributed by atoms with E-state index in [2.05, 4.69) is 9.97 Å². The van der Waals surface area contributed by atoms with Crippen molar-refractivity contribution >= 4 is 12.2 Å². The van der Waals surface area contributed by atoms with Crippen LogP contribution in [0.2, 0.25) is 0 Å². The van der Waals surface area contributed by atoms with Crippen molar-refractivity contribution in [2.45, 2.75) is 18.4 Å². The SMILES string of the molecule is COc1ccc([C@@H]2C[C@H](c3ccccc3)c3c([nH]c(=S)[nH]c3=O)O2)cc1. The molecule has 132 valence electrons. The van der Waals surface area contributed by atoms with E-state index >= 15 is 0 Å². The van der Waals surface area contributed by atoms with Crippen LogP contribution in [0.1, 0.15) is 35.1 Å². The number of nitrogens with one attached hydrogen (secondary N) is 2. The number of hydrogen-bond donors (Lipinski definition) is 2. The number of ether oxygens (including phenoxy) is 2. The lowest BCUT2D eigenvalue weighted by atomic mass is 9.84. The molecule has 2 N–H and O–H groups in total. The van der Waals surface area contributed by atoms with E-state index in [0.717, 1.165) is 16.9 Å². The van der Waals surface area contributed by atoms with Crippen molar-refractivity contribution in [3.8, 4) is 11.6 Å². The monoisotopic (exact) mass is 366 g/mol. The topological polar surface area (TPSA) is 67.1 Å². The van der Waals surface area contributed by atoms with Gasteiger partial charge in [-0.1, -0.05) is 42.5 Å². The molecule has 0 saturated carbocycles. The molecule has 5 nitrogen and oxygen atoms in total. The highest BCUT2D eigenvalue weighted by Gasteiger charge is 2.33. The van der Waals surface area contributed by atoms with Gasteiger partial charge in [0, 0.05) is 5.92 Å². The van der Waals surface area contributed by atoms with Gasteiger partial charge in [0.1, 0.15) is 11.9 Å². The summed E-state index contributed by atoms with van der Waals surface area (Å²) in [6.45, 7) is 0. The molecule has 26 heavy (non-hydrogen) atoms. The van der Waals surface area contributed by atoms with Crippen molar-refractivity contribution in [2.24, 2.45) is 0 Å². The number of fused-ring (bicyclic) bond motifs is 1. The van der Waals surface area contributed by atoms with E-state index in [1.165, 1.54) is 0 Å². The van der Waals surface area contributed by atoms with Gasteiger partial charge in [0.15, 0.2) is 4.77 Å². The lowest BCUT2D eigenvalue weighted by molar-refractivity contribution is 0.157. The maximum absolute atomic E-state index is 12.6. The maximum Gasteiger partial charge on any atom is 0.259 e. The Morgan fingerprint density at radius 2 is 1.77 bits per heavy atom. The van der Waals surface area contributed by atoms with Gasteiger partial charge in [-0.15, -0.1) is 0 Å². The molecule has 6 heteroatoms. The molecule has 0 amide bonds. The van der Waals surface area contributed by atoms with Crippen LogP contribution in [0.4, 0.5) is 0 Å². The molecule has 2 atom stereocenters. The lowest BCUT2D eigenvalue weighted by Crippen LogP contribution is -2.28. The summed E-state index contributed by atoms with van der Waals surface area (Å²) in [6.07, 6.45) is 0.475. The average Bonchev–Trinajstić information content (AvgIpc) is 2.67. The summed E-state index contributed by atoms with van der Waals surface area (Å²) < 4.78 is 11.6. The Morgan fingerprint density at radius 3 is 2.46 bits per heavy atom. The molecule has 1 aliphatic rings. The Balaban J connectivity index is 1.81. The van der Waals surface area contributed by atoms with Gasteiger partial charge in [0.05, 0.1) is 12.7 Å². The van der Waals surface area contributed by atoms with Crippen molar-refractivity contribution in [1.82, 2.24) is 9.97 Å². The normalized spacial score (nSPS) is 18.7. The highest BCUT2D eigenvalue weighted by Crippen LogP contribution is 2.42. The van der Waals surface area contributed by atoms with Crippen LogP contribution in [0.15, 0.2) is 59.4 Å². The first kappa shape index (κ1) is 16.6. The molecule has 0 radical (unpaired) electrons. The summed E-state index contributed by atoms with van der Waals surface area (Å²) in [7, 11) is 1.64. The molecule has 0 bridgehead atoms. The van der Waals surface area contributed by atoms with Crippen LogP contribution in [0.5, 0.6) is 11.6 Å². The third kappa shape index (κ3) is 3.04. The molecule has 2 aromatic carbocycles. The van der Waals surface area contributed by atoms with Gasteiger partial charge >= 0.3 is 0 Å². The lowest BCUT2D eigenvalue weighted by Gasteiger charge is -2.31. The molecule has 0 spiro atoms. The van der Waals surface area contributed by atoms with Crippen molar-refractivity contribution in [3.63, 3.8) is 0 Å². The molecule has 0 fully saturated rings. The van der Waals surface area contributed by atoms with Crippen molar-refractivity contribution in [1.29, 1.82) is 0 Å². The van der Waals surface area contributed by atoms with Gasteiger partial charge in [0.25, 0.3) is 5.56 Å². The molecule has 0 unspecified atom stereocenters. The van der Waals surface area contributed by atoms with E-state index in [-0.39, 0.29) is 22.4 Å². The van der Waals surface area contributed by atoms with Crippen LogP contribution in [0, 0.1) is 4.77 Å². The maximum atomic E-state index is 12.6. The Hall–Kier alpha value is -2.86. The molecule has 0 aliphatic carbocycles. The quantitative estimate of drug-likeness (QED) is 0.685. The van der Waals surface area contributed by atoms with Crippen LogP contribution in [-0.4, -0.2) is 17.1 Å². The third-order valence-corrected chi connectivity index (χ3v) is 4.90. The molecule has 3 aromatic rings. The van der Waals surface area contributed by atoms with Crippen LogP contribution >= 0.6 is 12.2 Å². The van der Waals surface area contributed by atoms with Gasteiger partial charge in [-0.25, -0.2) is 0 Å². The minimum absolute atomic E-state index is 0.0809. The number of hydrogen-bond acceptors (Lipinski definition) is 4. The van der Waals surface area contributed by atoms with E-state index in [1.54, 1.807) is 7.11 Å². The first-order valence-corrected chi connectivity index (χ1v) is 8.78. The largest absolute Gasteiger partial charge is 0.497 e. The van der Waals surface area contributed by atoms with Crippen molar-refractivity contribution < 1.29 is 9.47 Å². The van der Waals surface area contributed by atoms with E-state index < -0.39 is 0 Å². The summed E-state index contributed by atoms with van der Waals surface area (Å²) in [6, 6.07) is 17.8. The van der Waals surface area contributed by atoms with Crippen LogP contribution < -0.4 is 15.0 Å². The number of aromatic amines is 2. The second-order valence-electron chi connectivity index (χ2n) is 6.23. The fourth-order valence-corrected chi connectivity index (χ4v) is 3.60. The first-order valence-electron chi connectivity index (χ1n) is 8.38. The Morgan fingerprint density at radius 1 is 1.04 bits per heavy atom. The second kappa shape index (κ2) is 6.80. The zero-order chi connectivity index (χ0) is 18.1. The smallest absolute Gasteiger partial charge is 0.259 e. The summed E-state index contributed by atoms with van der Waals surface area (Å²) >= 11 is 5.12. The summed E-state index contributed by atoms with van der Waals surface area (Å²) in [5, 5.41) is 0. The number of benzene rings is 2. The summed E-state index contributed by atoms with van der Waals surface area (Å²) in [5.74, 6) is 1.16. The standard InChI is InChI=1S/C20H18N2O3S/c1-24-14-9-7-13(8-10-14)16-11-15(12-5-3-2-4-6-12)17-18(23)21-20(26)22-19(17)25-16/h2-10,15-16H,11H2,1H3,(H2,21,22,23,26)/t15-,16+/m1/s1. The fraction of sp³-hybridized carbons (Fsp3) is 0.200. The Labute approximate surface area is 155 Å². The highest BCUT2D eigenvalue weighted by molar-refractivity contribution is 7.71. The molecule has 4 rings (SSSR count). The fourth-order valence-electron chi connectivity index (χ4n) is 3.42. The molecule has 2 heterocycles. The highest BCUT2D eigenvalue weighted by atomic mass is 32.1. The molecule has 1 aliphatic heterocycles. The number of H-pyrrole nitrogens is 2. The van der Waals surface area contributed by atoms with Crippen molar-refractivity contribution in [2.75, 3.05) is 7.11 Å². The van der Waals surface area contributed by atoms with Gasteiger partial charge in [-0.3, -0.25) is 9.78 Å². The zero-order valence-electron chi connectivity index (χ0n) is 14.2. The Kier molecular flexibility index (Phi) is 4.34. The third-order valence-electron chi connectivity index (χ3n) is 4.69. The average molecular weight is 366 g/mol. The molecule has 0 saturated heterocycles. The van der Waals surface area contributed by atoms with Crippen LogP contribution in [-0.2, 0) is 0 Å².